The summed E-state index contributed by atoms with van der Waals surface area (Å²) in [5.41, 5.74) is 7.25. The van der Waals surface area contributed by atoms with Gasteiger partial charge in [0.25, 0.3) is 0 Å². The molecule has 2 aliphatic rings. The Labute approximate surface area is 113 Å². The lowest BCUT2D eigenvalue weighted by Crippen LogP contribution is -2.50. The van der Waals surface area contributed by atoms with Crippen LogP contribution in [0.2, 0.25) is 0 Å². The van der Waals surface area contributed by atoms with E-state index in [-0.39, 0.29) is 5.54 Å². The first kappa shape index (κ1) is 14.3. The van der Waals surface area contributed by atoms with Gasteiger partial charge < -0.3 is 10.5 Å². The van der Waals surface area contributed by atoms with Gasteiger partial charge in [0.05, 0.1) is 6.61 Å². The first-order valence-electron chi connectivity index (χ1n) is 7.78. The maximum absolute atomic E-state index is 6.76. The van der Waals surface area contributed by atoms with Gasteiger partial charge in [-0.15, -0.1) is 0 Å². The molecule has 0 aromatic heterocycles. The van der Waals surface area contributed by atoms with Crippen LogP contribution in [0, 0.1) is 17.3 Å². The van der Waals surface area contributed by atoms with E-state index in [9.17, 15) is 0 Å². The lowest BCUT2D eigenvalue weighted by molar-refractivity contribution is 0.0161. The molecule has 18 heavy (non-hydrogen) atoms. The molecule has 2 fully saturated rings. The first-order chi connectivity index (χ1) is 8.42. The van der Waals surface area contributed by atoms with Gasteiger partial charge in [-0.05, 0) is 49.9 Å². The van der Waals surface area contributed by atoms with Crippen molar-refractivity contribution in [3.05, 3.63) is 0 Å². The van der Waals surface area contributed by atoms with E-state index in [0.717, 1.165) is 19.1 Å². The van der Waals surface area contributed by atoms with Crippen LogP contribution in [-0.2, 0) is 4.74 Å². The predicted molar refractivity (Wildman–Crippen MR) is 76.5 cm³/mol. The summed E-state index contributed by atoms with van der Waals surface area (Å²) in [6.45, 7) is 8.98. The molecule has 0 aromatic rings. The molecule has 3 unspecified atom stereocenters. The molecule has 0 amide bonds. The lowest BCUT2D eigenvalue weighted by Gasteiger charge is -2.39. The Bertz CT molecular complexity index is 265. The van der Waals surface area contributed by atoms with Crippen LogP contribution in [-0.4, -0.2) is 18.8 Å². The van der Waals surface area contributed by atoms with Crippen molar-refractivity contribution in [2.75, 3.05) is 13.2 Å². The molecule has 1 heterocycles. The largest absolute Gasteiger partial charge is 0.381 e. The van der Waals surface area contributed by atoms with Gasteiger partial charge in [0.15, 0.2) is 0 Å². The highest BCUT2D eigenvalue weighted by molar-refractivity contribution is 4.95. The highest BCUT2D eigenvalue weighted by atomic mass is 16.5. The van der Waals surface area contributed by atoms with Crippen LogP contribution in [0.4, 0.5) is 0 Å². The summed E-state index contributed by atoms with van der Waals surface area (Å²) in [4.78, 5) is 0. The highest BCUT2D eigenvalue weighted by Crippen LogP contribution is 2.42. The smallest absolute Gasteiger partial charge is 0.0511 e. The van der Waals surface area contributed by atoms with Gasteiger partial charge in [-0.2, -0.15) is 0 Å². The van der Waals surface area contributed by atoms with Crippen LogP contribution in [0.5, 0.6) is 0 Å². The van der Waals surface area contributed by atoms with Crippen molar-refractivity contribution in [3.8, 4) is 0 Å². The van der Waals surface area contributed by atoms with Crippen LogP contribution in [0.15, 0.2) is 0 Å². The zero-order valence-electron chi connectivity index (χ0n) is 12.5. The zero-order chi connectivity index (χ0) is 13.2. The summed E-state index contributed by atoms with van der Waals surface area (Å²) in [7, 11) is 0. The van der Waals surface area contributed by atoms with E-state index >= 15 is 0 Å². The SMILES string of the molecule is CC(C)(C)C1CCCC(N)(C2CCCOC2)CC1. The minimum absolute atomic E-state index is 0.0560. The minimum Gasteiger partial charge on any atom is -0.381 e. The lowest BCUT2D eigenvalue weighted by atomic mass is 9.73. The van der Waals surface area contributed by atoms with Crippen molar-refractivity contribution in [2.24, 2.45) is 23.0 Å². The van der Waals surface area contributed by atoms with Gasteiger partial charge in [-0.1, -0.05) is 27.2 Å². The van der Waals surface area contributed by atoms with Crippen LogP contribution >= 0.6 is 0 Å². The molecule has 1 saturated carbocycles. The molecular formula is C16H31NO. The number of hydrogen-bond acceptors (Lipinski definition) is 2. The molecule has 1 aliphatic heterocycles. The average molecular weight is 253 g/mol. The number of rotatable bonds is 1. The number of nitrogens with two attached hydrogens (primary N) is 1. The van der Waals surface area contributed by atoms with Crippen molar-refractivity contribution < 1.29 is 4.74 Å². The van der Waals surface area contributed by atoms with Gasteiger partial charge >= 0.3 is 0 Å². The van der Waals surface area contributed by atoms with E-state index in [4.69, 9.17) is 10.5 Å². The Hall–Kier alpha value is -0.0800. The summed E-state index contributed by atoms with van der Waals surface area (Å²) >= 11 is 0. The van der Waals surface area contributed by atoms with Crippen LogP contribution in [0.1, 0.15) is 65.7 Å². The number of hydrogen-bond donors (Lipinski definition) is 1. The number of ether oxygens (including phenoxy) is 1. The maximum atomic E-state index is 6.76. The fourth-order valence-electron chi connectivity index (χ4n) is 3.86. The van der Waals surface area contributed by atoms with Gasteiger partial charge in [0, 0.05) is 18.1 Å². The minimum atomic E-state index is 0.0560. The normalized spacial score (nSPS) is 39.3. The van der Waals surface area contributed by atoms with E-state index in [1.54, 1.807) is 0 Å². The molecular weight excluding hydrogens is 222 g/mol. The predicted octanol–water partition coefficient (Wildman–Crippen LogP) is 3.74. The molecule has 0 aromatic carbocycles. The highest BCUT2D eigenvalue weighted by Gasteiger charge is 2.39. The fourth-order valence-corrected chi connectivity index (χ4v) is 3.86. The van der Waals surface area contributed by atoms with Gasteiger partial charge in [-0.3, -0.25) is 0 Å². The third kappa shape index (κ3) is 3.27. The van der Waals surface area contributed by atoms with E-state index in [2.05, 4.69) is 20.8 Å². The van der Waals surface area contributed by atoms with Crippen molar-refractivity contribution in [1.82, 2.24) is 0 Å². The van der Waals surface area contributed by atoms with Gasteiger partial charge in [-0.25, -0.2) is 0 Å². The maximum Gasteiger partial charge on any atom is 0.0511 e. The quantitative estimate of drug-likeness (QED) is 0.723. The third-order valence-corrected chi connectivity index (χ3v) is 5.35. The van der Waals surface area contributed by atoms with Crippen molar-refractivity contribution >= 4 is 0 Å². The standard InChI is InChI=1S/C16H31NO/c1-15(2,3)13-6-4-9-16(17,10-8-13)14-7-5-11-18-12-14/h13-14H,4-12,17H2,1-3H3. The second-order valence-electron chi connectivity index (χ2n) is 7.64. The van der Waals surface area contributed by atoms with E-state index in [0.29, 0.717) is 11.3 Å². The van der Waals surface area contributed by atoms with E-state index in [1.807, 2.05) is 0 Å². The average Bonchev–Trinajstić information content (AvgIpc) is 2.53. The van der Waals surface area contributed by atoms with Crippen LogP contribution in [0.3, 0.4) is 0 Å². The molecule has 3 atom stereocenters. The van der Waals surface area contributed by atoms with Gasteiger partial charge in [0.1, 0.15) is 0 Å². The van der Waals surface area contributed by atoms with Crippen LogP contribution in [0.25, 0.3) is 0 Å². The Kier molecular flexibility index (Phi) is 4.38. The molecule has 0 radical (unpaired) electrons. The molecule has 1 saturated heterocycles. The Balaban J connectivity index is 1.98. The first-order valence-corrected chi connectivity index (χ1v) is 7.78. The summed E-state index contributed by atoms with van der Waals surface area (Å²) < 4.78 is 5.66. The van der Waals surface area contributed by atoms with Gasteiger partial charge in [0.2, 0.25) is 0 Å². The summed E-state index contributed by atoms with van der Waals surface area (Å²) in [5, 5.41) is 0. The molecule has 2 nitrogen and oxygen atoms in total. The third-order valence-electron chi connectivity index (χ3n) is 5.35. The summed E-state index contributed by atoms with van der Waals surface area (Å²) in [6.07, 6.45) is 8.83. The molecule has 2 heteroatoms. The van der Waals surface area contributed by atoms with Crippen molar-refractivity contribution in [3.63, 3.8) is 0 Å². The zero-order valence-corrected chi connectivity index (χ0v) is 12.5. The summed E-state index contributed by atoms with van der Waals surface area (Å²) in [6, 6.07) is 0. The molecule has 106 valence electrons. The molecule has 1 aliphatic carbocycles. The summed E-state index contributed by atoms with van der Waals surface area (Å²) in [5.74, 6) is 1.44. The van der Waals surface area contributed by atoms with E-state index < -0.39 is 0 Å². The topological polar surface area (TPSA) is 35.2 Å². The molecule has 2 N–H and O–H groups in total. The monoisotopic (exact) mass is 253 g/mol. The Morgan fingerprint density at radius 2 is 1.83 bits per heavy atom. The fraction of sp³-hybridized carbons (Fsp3) is 1.00. The van der Waals surface area contributed by atoms with Crippen molar-refractivity contribution in [2.45, 2.75) is 71.3 Å². The van der Waals surface area contributed by atoms with Crippen molar-refractivity contribution in [1.29, 1.82) is 0 Å². The molecule has 0 bridgehead atoms. The molecule has 2 rings (SSSR count). The molecule has 0 spiro atoms. The second kappa shape index (κ2) is 5.50. The second-order valence-corrected chi connectivity index (χ2v) is 7.64. The van der Waals surface area contributed by atoms with Crippen LogP contribution < -0.4 is 5.73 Å². The van der Waals surface area contributed by atoms with E-state index in [1.165, 1.54) is 44.9 Å². The Morgan fingerprint density at radius 1 is 1.06 bits per heavy atom. The Morgan fingerprint density at radius 3 is 2.44 bits per heavy atom.